The minimum atomic E-state index is 0.361. The Labute approximate surface area is 103 Å². The number of hydrogen-bond acceptors (Lipinski definition) is 4. The molecule has 0 heterocycles. The van der Waals surface area contributed by atoms with Gasteiger partial charge in [-0.15, -0.1) is 0 Å². The zero-order valence-electron chi connectivity index (χ0n) is 10.8. The summed E-state index contributed by atoms with van der Waals surface area (Å²) in [5, 5.41) is 3.35. The van der Waals surface area contributed by atoms with Crippen molar-refractivity contribution < 1.29 is 9.47 Å². The molecule has 96 valence electrons. The molecule has 1 unspecified atom stereocenters. The van der Waals surface area contributed by atoms with Gasteiger partial charge in [0.1, 0.15) is 0 Å². The van der Waals surface area contributed by atoms with Gasteiger partial charge in [0.25, 0.3) is 0 Å². The number of methoxy groups -OCH3 is 2. The van der Waals surface area contributed by atoms with Gasteiger partial charge in [0.05, 0.1) is 14.2 Å². The van der Waals surface area contributed by atoms with E-state index < -0.39 is 0 Å². The topological polar surface area (TPSA) is 56.5 Å². The van der Waals surface area contributed by atoms with Crippen LogP contribution in [-0.2, 0) is 6.42 Å². The molecule has 0 fully saturated rings. The Morgan fingerprint density at radius 2 is 2.06 bits per heavy atom. The molecule has 1 aromatic rings. The van der Waals surface area contributed by atoms with Crippen molar-refractivity contribution in [2.75, 3.05) is 27.3 Å². The summed E-state index contributed by atoms with van der Waals surface area (Å²) in [6, 6.07) is 6.30. The third-order valence-corrected chi connectivity index (χ3v) is 2.65. The van der Waals surface area contributed by atoms with Crippen molar-refractivity contribution in [2.24, 2.45) is 5.73 Å². The van der Waals surface area contributed by atoms with Gasteiger partial charge in [-0.25, -0.2) is 0 Å². The van der Waals surface area contributed by atoms with Crippen molar-refractivity contribution >= 4 is 0 Å². The van der Waals surface area contributed by atoms with Crippen LogP contribution in [0.5, 0.6) is 11.5 Å². The zero-order chi connectivity index (χ0) is 12.7. The zero-order valence-corrected chi connectivity index (χ0v) is 10.8. The Morgan fingerprint density at radius 3 is 2.65 bits per heavy atom. The van der Waals surface area contributed by atoms with Crippen molar-refractivity contribution in [3.8, 4) is 11.5 Å². The molecule has 4 heteroatoms. The lowest BCUT2D eigenvalue weighted by Gasteiger charge is -2.17. The van der Waals surface area contributed by atoms with Gasteiger partial charge < -0.3 is 20.5 Å². The van der Waals surface area contributed by atoms with E-state index in [0.717, 1.165) is 30.0 Å². The van der Waals surface area contributed by atoms with Crippen molar-refractivity contribution in [1.82, 2.24) is 5.32 Å². The normalized spacial score (nSPS) is 12.2. The van der Waals surface area contributed by atoms with E-state index in [-0.39, 0.29) is 0 Å². The second kappa shape index (κ2) is 7.14. The van der Waals surface area contributed by atoms with Crippen LogP contribution in [0.4, 0.5) is 0 Å². The third-order valence-electron chi connectivity index (χ3n) is 2.65. The summed E-state index contributed by atoms with van der Waals surface area (Å²) in [5.41, 5.74) is 6.61. The highest BCUT2D eigenvalue weighted by molar-refractivity contribution is 5.46. The van der Waals surface area contributed by atoms with Crippen LogP contribution in [0.3, 0.4) is 0 Å². The molecular formula is C13H22N2O2. The van der Waals surface area contributed by atoms with E-state index in [9.17, 15) is 0 Å². The van der Waals surface area contributed by atoms with Crippen LogP contribution in [0.15, 0.2) is 18.2 Å². The van der Waals surface area contributed by atoms with E-state index in [4.69, 9.17) is 15.2 Å². The van der Waals surface area contributed by atoms with Gasteiger partial charge in [0.15, 0.2) is 11.5 Å². The SMILES string of the molecule is COc1cccc(CC(C)NCCN)c1OC. The fourth-order valence-corrected chi connectivity index (χ4v) is 1.85. The molecule has 0 spiro atoms. The maximum Gasteiger partial charge on any atom is 0.163 e. The first kappa shape index (κ1) is 13.8. The lowest BCUT2D eigenvalue weighted by atomic mass is 10.1. The first-order valence-corrected chi connectivity index (χ1v) is 5.86. The monoisotopic (exact) mass is 238 g/mol. The Bertz CT molecular complexity index is 342. The van der Waals surface area contributed by atoms with Crippen LogP contribution in [0.1, 0.15) is 12.5 Å². The average molecular weight is 238 g/mol. The maximum atomic E-state index is 5.46. The Morgan fingerprint density at radius 1 is 1.29 bits per heavy atom. The number of benzene rings is 1. The predicted molar refractivity (Wildman–Crippen MR) is 69.8 cm³/mol. The molecule has 0 amide bonds. The fraction of sp³-hybridized carbons (Fsp3) is 0.538. The summed E-state index contributed by atoms with van der Waals surface area (Å²) >= 11 is 0. The highest BCUT2D eigenvalue weighted by atomic mass is 16.5. The smallest absolute Gasteiger partial charge is 0.163 e. The van der Waals surface area contributed by atoms with Gasteiger partial charge in [-0.3, -0.25) is 0 Å². The molecule has 0 aliphatic heterocycles. The molecule has 0 saturated heterocycles. The number of rotatable bonds is 7. The van der Waals surface area contributed by atoms with Crippen LogP contribution >= 0.6 is 0 Å². The largest absolute Gasteiger partial charge is 0.493 e. The minimum absolute atomic E-state index is 0.361. The average Bonchev–Trinajstić information content (AvgIpc) is 2.35. The summed E-state index contributed by atoms with van der Waals surface area (Å²) in [6.45, 7) is 3.61. The number of nitrogens with one attached hydrogen (secondary N) is 1. The van der Waals surface area contributed by atoms with Crippen LogP contribution in [0, 0.1) is 0 Å². The summed E-state index contributed by atoms with van der Waals surface area (Å²) in [5.74, 6) is 1.59. The maximum absolute atomic E-state index is 5.46. The molecule has 3 N–H and O–H groups in total. The van der Waals surface area contributed by atoms with Crippen LogP contribution in [0.2, 0.25) is 0 Å². The molecule has 0 aliphatic carbocycles. The van der Waals surface area contributed by atoms with E-state index in [1.807, 2.05) is 12.1 Å². The summed E-state index contributed by atoms with van der Waals surface area (Å²) in [6.07, 6.45) is 0.889. The molecule has 1 atom stereocenters. The van der Waals surface area contributed by atoms with Crippen LogP contribution in [0.25, 0.3) is 0 Å². The van der Waals surface area contributed by atoms with Gasteiger partial charge in [-0.05, 0) is 25.0 Å². The van der Waals surface area contributed by atoms with Crippen LogP contribution < -0.4 is 20.5 Å². The quantitative estimate of drug-likeness (QED) is 0.749. The molecule has 0 radical (unpaired) electrons. The van der Waals surface area contributed by atoms with Gasteiger partial charge in [-0.2, -0.15) is 0 Å². The molecule has 1 aromatic carbocycles. The van der Waals surface area contributed by atoms with E-state index in [1.54, 1.807) is 14.2 Å². The van der Waals surface area contributed by atoms with Crippen LogP contribution in [-0.4, -0.2) is 33.4 Å². The van der Waals surface area contributed by atoms with Crippen molar-refractivity contribution in [1.29, 1.82) is 0 Å². The summed E-state index contributed by atoms with van der Waals surface area (Å²) < 4.78 is 10.7. The second-order valence-corrected chi connectivity index (χ2v) is 4.00. The lowest BCUT2D eigenvalue weighted by molar-refractivity contribution is 0.350. The second-order valence-electron chi connectivity index (χ2n) is 4.00. The Hall–Kier alpha value is -1.26. The van der Waals surface area contributed by atoms with Gasteiger partial charge >= 0.3 is 0 Å². The Kier molecular flexibility index (Phi) is 5.80. The molecule has 4 nitrogen and oxygen atoms in total. The van der Waals surface area contributed by atoms with E-state index >= 15 is 0 Å². The standard InChI is InChI=1S/C13H22N2O2/c1-10(15-8-7-14)9-11-5-4-6-12(16-2)13(11)17-3/h4-6,10,15H,7-9,14H2,1-3H3. The Balaban J connectivity index is 2.75. The highest BCUT2D eigenvalue weighted by Crippen LogP contribution is 2.31. The van der Waals surface area contributed by atoms with Crippen molar-refractivity contribution in [3.05, 3.63) is 23.8 Å². The molecule has 0 aliphatic rings. The number of nitrogens with two attached hydrogens (primary N) is 1. The fourth-order valence-electron chi connectivity index (χ4n) is 1.85. The van der Waals surface area contributed by atoms with Gasteiger partial charge in [0.2, 0.25) is 0 Å². The summed E-state index contributed by atoms with van der Waals surface area (Å²) in [7, 11) is 3.32. The minimum Gasteiger partial charge on any atom is -0.493 e. The van der Waals surface area contributed by atoms with E-state index in [0.29, 0.717) is 12.6 Å². The summed E-state index contributed by atoms with van der Waals surface area (Å²) in [4.78, 5) is 0. The molecule has 0 saturated carbocycles. The first-order chi connectivity index (χ1) is 8.22. The highest BCUT2D eigenvalue weighted by Gasteiger charge is 2.11. The first-order valence-electron chi connectivity index (χ1n) is 5.86. The van der Waals surface area contributed by atoms with Gasteiger partial charge in [0, 0.05) is 19.1 Å². The number of ether oxygens (including phenoxy) is 2. The number of hydrogen-bond donors (Lipinski definition) is 2. The molecular weight excluding hydrogens is 216 g/mol. The van der Waals surface area contributed by atoms with Crippen molar-refractivity contribution in [3.63, 3.8) is 0 Å². The van der Waals surface area contributed by atoms with E-state index in [1.165, 1.54) is 0 Å². The van der Waals surface area contributed by atoms with E-state index in [2.05, 4.69) is 18.3 Å². The number of para-hydroxylation sites is 1. The van der Waals surface area contributed by atoms with Gasteiger partial charge in [-0.1, -0.05) is 12.1 Å². The lowest BCUT2D eigenvalue weighted by Crippen LogP contribution is -2.32. The molecule has 1 rings (SSSR count). The third kappa shape index (κ3) is 3.91. The molecule has 0 aromatic heterocycles. The molecule has 17 heavy (non-hydrogen) atoms. The molecule has 0 bridgehead atoms. The predicted octanol–water partition coefficient (Wildman–Crippen LogP) is 1.18. The van der Waals surface area contributed by atoms with Crippen molar-refractivity contribution in [2.45, 2.75) is 19.4 Å².